The molecule has 1 aromatic rings. The number of hydrogen-bond donors (Lipinski definition) is 1. The summed E-state index contributed by atoms with van der Waals surface area (Å²) in [6, 6.07) is 7.80. The molecule has 0 spiro atoms. The predicted octanol–water partition coefficient (Wildman–Crippen LogP) is 1.93. The maximum Gasteiger partial charge on any atom is 0.307 e. The van der Waals surface area contributed by atoms with Gasteiger partial charge in [0, 0.05) is 18.8 Å². The van der Waals surface area contributed by atoms with Crippen LogP contribution in [-0.2, 0) is 9.59 Å². The van der Waals surface area contributed by atoms with Gasteiger partial charge in [-0.1, -0.05) is 17.7 Å². The number of anilines is 1. The van der Waals surface area contributed by atoms with Crippen LogP contribution in [0, 0.1) is 12.8 Å². The summed E-state index contributed by atoms with van der Waals surface area (Å²) in [5.74, 6) is -0.977. The number of aryl methyl sites for hydroxylation is 1. The minimum Gasteiger partial charge on any atom is -0.481 e. The third-order valence-electron chi connectivity index (χ3n) is 4.53. The molecule has 2 aliphatic heterocycles. The van der Waals surface area contributed by atoms with Crippen LogP contribution >= 0.6 is 12.4 Å². The van der Waals surface area contributed by atoms with Crippen molar-refractivity contribution in [3.8, 4) is 0 Å². The third-order valence-corrected chi connectivity index (χ3v) is 4.53. The molecule has 2 aliphatic rings. The van der Waals surface area contributed by atoms with Gasteiger partial charge in [-0.25, -0.2) is 0 Å². The number of rotatable bonds is 3. The third kappa shape index (κ3) is 3.10. The van der Waals surface area contributed by atoms with Gasteiger partial charge < -0.3 is 10.0 Å². The van der Waals surface area contributed by atoms with E-state index in [1.165, 1.54) is 5.56 Å². The molecule has 0 radical (unpaired) electrons. The molecule has 1 amide bonds. The molecular weight excluding hydrogens is 304 g/mol. The van der Waals surface area contributed by atoms with Crippen molar-refractivity contribution in [2.24, 2.45) is 5.92 Å². The quantitative estimate of drug-likeness (QED) is 0.923. The van der Waals surface area contributed by atoms with Gasteiger partial charge in [0.2, 0.25) is 5.91 Å². The van der Waals surface area contributed by atoms with Crippen molar-refractivity contribution in [2.45, 2.75) is 25.8 Å². The Hall–Kier alpha value is -1.59. The molecule has 22 heavy (non-hydrogen) atoms. The van der Waals surface area contributed by atoms with E-state index in [4.69, 9.17) is 5.11 Å². The molecule has 2 saturated heterocycles. The topological polar surface area (TPSA) is 60.9 Å². The highest BCUT2D eigenvalue weighted by Gasteiger charge is 2.40. The van der Waals surface area contributed by atoms with Crippen LogP contribution in [0.15, 0.2) is 24.3 Å². The summed E-state index contributed by atoms with van der Waals surface area (Å²) in [5, 5.41) is 9.07. The number of amides is 1. The van der Waals surface area contributed by atoms with Gasteiger partial charge in [0.25, 0.3) is 0 Å². The minimum atomic E-state index is -0.752. The fraction of sp³-hybridized carbons (Fsp3) is 0.500. The molecule has 0 aliphatic carbocycles. The van der Waals surface area contributed by atoms with E-state index in [-0.39, 0.29) is 30.3 Å². The predicted molar refractivity (Wildman–Crippen MR) is 86.5 cm³/mol. The Morgan fingerprint density at radius 2 is 1.86 bits per heavy atom. The van der Waals surface area contributed by atoms with Gasteiger partial charge in [0.1, 0.15) is 0 Å². The first kappa shape index (κ1) is 16.8. The van der Waals surface area contributed by atoms with Crippen molar-refractivity contribution in [1.29, 1.82) is 0 Å². The zero-order chi connectivity index (χ0) is 15.0. The van der Waals surface area contributed by atoms with Gasteiger partial charge in [0.15, 0.2) is 0 Å². The van der Waals surface area contributed by atoms with Crippen molar-refractivity contribution in [3.05, 3.63) is 29.8 Å². The fourth-order valence-corrected chi connectivity index (χ4v) is 3.26. The van der Waals surface area contributed by atoms with E-state index in [2.05, 4.69) is 0 Å². The lowest BCUT2D eigenvalue weighted by atomic mass is 10.1. The van der Waals surface area contributed by atoms with Gasteiger partial charge >= 0.3 is 5.97 Å². The molecule has 2 heterocycles. The maximum absolute atomic E-state index is 12.6. The second-order valence-corrected chi connectivity index (χ2v) is 5.95. The maximum atomic E-state index is 12.6. The number of hydrogen-bond acceptors (Lipinski definition) is 3. The number of halogens is 1. The summed E-state index contributed by atoms with van der Waals surface area (Å²) in [6.45, 7) is 3.93. The molecule has 2 fully saturated rings. The highest BCUT2D eigenvalue weighted by atomic mass is 35.5. The summed E-state index contributed by atoms with van der Waals surface area (Å²) >= 11 is 0. The van der Waals surface area contributed by atoms with Crippen molar-refractivity contribution >= 4 is 30.0 Å². The minimum absolute atomic E-state index is 0. The first-order valence-corrected chi connectivity index (χ1v) is 7.41. The standard InChI is InChI=1S/C16H20N2O3.ClH/c1-11-2-4-13(5-3-11)18-9-7-14(15(18)19)17-8-6-12(10-17)16(20)21;/h2-5,12,14H,6-10H2,1H3,(H,20,21);1H. The van der Waals surface area contributed by atoms with Crippen LogP contribution in [0.25, 0.3) is 0 Å². The first-order valence-electron chi connectivity index (χ1n) is 7.41. The van der Waals surface area contributed by atoms with E-state index in [9.17, 15) is 9.59 Å². The van der Waals surface area contributed by atoms with E-state index in [0.29, 0.717) is 26.1 Å². The van der Waals surface area contributed by atoms with Crippen LogP contribution in [0.4, 0.5) is 5.69 Å². The van der Waals surface area contributed by atoms with E-state index in [1.54, 1.807) is 0 Å². The van der Waals surface area contributed by atoms with E-state index in [1.807, 2.05) is 41.0 Å². The van der Waals surface area contributed by atoms with Gasteiger partial charge in [0.05, 0.1) is 12.0 Å². The zero-order valence-corrected chi connectivity index (χ0v) is 13.4. The van der Waals surface area contributed by atoms with E-state index < -0.39 is 5.97 Å². The Morgan fingerprint density at radius 3 is 2.45 bits per heavy atom. The SMILES string of the molecule is Cc1ccc(N2CCC(N3CCC(C(=O)O)C3)C2=O)cc1.Cl. The fourth-order valence-electron chi connectivity index (χ4n) is 3.26. The number of nitrogens with zero attached hydrogens (tertiary/aromatic N) is 2. The average molecular weight is 325 g/mol. The van der Waals surface area contributed by atoms with Crippen molar-refractivity contribution in [2.75, 3.05) is 24.5 Å². The van der Waals surface area contributed by atoms with Crippen LogP contribution < -0.4 is 4.90 Å². The van der Waals surface area contributed by atoms with Gasteiger partial charge in [-0.2, -0.15) is 0 Å². The largest absolute Gasteiger partial charge is 0.481 e. The van der Waals surface area contributed by atoms with Crippen molar-refractivity contribution in [3.63, 3.8) is 0 Å². The number of carboxylic acids is 1. The van der Waals surface area contributed by atoms with Crippen LogP contribution in [0.3, 0.4) is 0 Å². The van der Waals surface area contributed by atoms with Crippen molar-refractivity contribution < 1.29 is 14.7 Å². The molecule has 1 N–H and O–H groups in total. The lowest BCUT2D eigenvalue weighted by Gasteiger charge is -2.23. The summed E-state index contributed by atoms with van der Waals surface area (Å²) in [6.07, 6.45) is 1.42. The number of aliphatic carboxylic acids is 1. The molecule has 2 unspecified atom stereocenters. The monoisotopic (exact) mass is 324 g/mol. The van der Waals surface area contributed by atoms with Gasteiger partial charge in [-0.3, -0.25) is 14.5 Å². The highest BCUT2D eigenvalue weighted by molar-refractivity contribution is 5.99. The Balaban J connectivity index is 0.00000176. The van der Waals surface area contributed by atoms with E-state index in [0.717, 1.165) is 12.1 Å². The first-order chi connectivity index (χ1) is 10.1. The lowest BCUT2D eigenvalue weighted by molar-refractivity contribution is -0.141. The number of carboxylic acid groups (broad SMARTS) is 1. The molecule has 120 valence electrons. The Morgan fingerprint density at radius 1 is 1.18 bits per heavy atom. The molecule has 5 nitrogen and oxygen atoms in total. The second kappa shape index (κ2) is 6.67. The number of benzene rings is 1. The highest BCUT2D eigenvalue weighted by Crippen LogP contribution is 2.28. The zero-order valence-electron chi connectivity index (χ0n) is 12.6. The van der Waals surface area contributed by atoms with Crippen LogP contribution in [0.1, 0.15) is 18.4 Å². The van der Waals surface area contributed by atoms with Crippen LogP contribution in [0.5, 0.6) is 0 Å². The van der Waals surface area contributed by atoms with Gasteiger partial charge in [-0.15, -0.1) is 12.4 Å². The normalized spacial score (nSPS) is 25.3. The molecule has 6 heteroatoms. The molecule has 2 atom stereocenters. The number of carbonyl (C=O) groups excluding carboxylic acids is 1. The average Bonchev–Trinajstić information content (AvgIpc) is 3.06. The van der Waals surface area contributed by atoms with Crippen LogP contribution in [0.2, 0.25) is 0 Å². The second-order valence-electron chi connectivity index (χ2n) is 5.95. The van der Waals surface area contributed by atoms with Crippen LogP contribution in [-0.4, -0.2) is 47.6 Å². The Labute approximate surface area is 136 Å². The summed E-state index contributed by atoms with van der Waals surface area (Å²) in [7, 11) is 0. The molecular formula is C16H21ClN2O3. The Bertz CT molecular complexity index is 561. The molecule has 1 aromatic carbocycles. The van der Waals surface area contributed by atoms with Crippen molar-refractivity contribution in [1.82, 2.24) is 4.90 Å². The molecule has 0 aromatic heterocycles. The van der Waals surface area contributed by atoms with E-state index >= 15 is 0 Å². The molecule has 3 rings (SSSR count). The Kier molecular flexibility index (Phi) is 5.08. The molecule has 0 saturated carbocycles. The number of carbonyl (C=O) groups is 2. The summed E-state index contributed by atoms with van der Waals surface area (Å²) < 4.78 is 0. The number of likely N-dealkylation sites (tertiary alicyclic amines) is 1. The summed E-state index contributed by atoms with van der Waals surface area (Å²) in [5.41, 5.74) is 2.10. The smallest absolute Gasteiger partial charge is 0.307 e. The van der Waals surface area contributed by atoms with Gasteiger partial charge in [-0.05, 0) is 38.4 Å². The summed E-state index contributed by atoms with van der Waals surface area (Å²) in [4.78, 5) is 27.5. The lowest BCUT2D eigenvalue weighted by Crippen LogP contribution is -2.41. The molecule has 0 bridgehead atoms.